The molecule has 0 spiro atoms. The Kier molecular flexibility index (Phi) is 4.59. The third-order valence-corrected chi connectivity index (χ3v) is 4.95. The molecule has 0 amide bonds. The minimum absolute atomic E-state index is 0.0696. The quantitative estimate of drug-likeness (QED) is 0.923. The fourth-order valence-corrected chi connectivity index (χ4v) is 3.59. The van der Waals surface area contributed by atoms with E-state index in [0.717, 1.165) is 4.31 Å². The highest BCUT2D eigenvalue weighted by molar-refractivity contribution is 7.92. The Morgan fingerprint density at radius 3 is 2.48 bits per heavy atom. The topological polar surface area (TPSA) is 57.6 Å². The molecule has 0 bridgehead atoms. The van der Waals surface area contributed by atoms with Crippen molar-refractivity contribution in [2.45, 2.75) is 18.4 Å². The Labute approximate surface area is 123 Å². The summed E-state index contributed by atoms with van der Waals surface area (Å²) in [6.07, 6.45) is 0. The van der Waals surface area contributed by atoms with Crippen LogP contribution in [0.1, 0.15) is 12.5 Å². The van der Waals surface area contributed by atoms with E-state index < -0.39 is 15.8 Å². The molecule has 0 aromatic heterocycles. The molecule has 0 radical (unpaired) electrons. The second kappa shape index (κ2) is 6.24. The monoisotopic (exact) mass is 309 g/mol. The first-order valence-corrected chi connectivity index (χ1v) is 7.91. The summed E-state index contributed by atoms with van der Waals surface area (Å²) < 4.78 is 39.8. The average Bonchev–Trinajstić information content (AvgIpc) is 2.48. The van der Waals surface area contributed by atoms with E-state index in [1.54, 1.807) is 25.1 Å². The number of aliphatic hydroxyl groups is 1. The van der Waals surface area contributed by atoms with Gasteiger partial charge in [-0.15, -0.1) is 0 Å². The minimum atomic E-state index is -3.80. The van der Waals surface area contributed by atoms with E-state index in [9.17, 15) is 12.8 Å². The maximum absolute atomic E-state index is 13.3. The molecule has 0 aliphatic carbocycles. The van der Waals surface area contributed by atoms with E-state index in [1.165, 1.54) is 30.3 Å². The van der Waals surface area contributed by atoms with Crippen molar-refractivity contribution in [2.75, 3.05) is 10.8 Å². The molecule has 4 nitrogen and oxygen atoms in total. The molecule has 0 aliphatic rings. The summed E-state index contributed by atoms with van der Waals surface area (Å²) in [6, 6.07) is 11.5. The van der Waals surface area contributed by atoms with Crippen LogP contribution < -0.4 is 4.31 Å². The van der Waals surface area contributed by atoms with E-state index in [4.69, 9.17) is 5.11 Å². The van der Waals surface area contributed by atoms with Gasteiger partial charge in [-0.25, -0.2) is 12.8 Å². The van der Waals surface area contributed by atoms with E-state index in [1.807, 2.05) is 0 Å². The number of sulfonamides is 1. The van der Waals surface area contributed by atoms with E-state index in [-0.39, 0.29) is 23.7 Å². The molecule has 1 N–H and O–H groups in total. The van der Waals surface area contributed by atoms with Crippen LogP contribution in [-0.4, -0.2) is 20.1 Å². The zero-order valence-electron chi connectivity index (χ0n) is 11.5. The fourth-order valence-electron chi connectivity index (χ4n) is 2.05. The lowest BCUT2D eigenvalue weighted by Gasteiger charge is -2.23. The van der Waals surface area contributed by atoms with Gasteiger partial charge < -0.3 is 5.11 Å². The van der Waals surface area contributed by atoms with Crippen molar-refractivity contribution in [3.63, 3.8) is 0 Å². The second-order valence-electron chi connectivity index (χ2n) is 4.46. The Balaban J connectivity index is 2.49. The van der Waals surface area contributed by atoms with Crippen molar-refractivity contribution < 1.29 is 17.9 Å². The molecular weight excluding hydrogens is 293 g/mol. The van der Waals surface area contributed by atoms with Gasteiger partial charge in [0.15, 0.2) is 0 Å². The van der Waals surface area contributed by atoms with Crippen LogP contribution in [0.2, 0.25) is 0 Å². The van der Waals surface area contributed by atoms with Crippen molar-refractivity contribution in [1.29, 1.82) is 0 Å². The molecule has 0 saturated heterocycles. The van der Waals surface area contributed by atoms with Crippen LogP contribution in [0.5, 0.6) is 0 Å². The minimum Gasteiger partial charge on any atom is -0.392 e. The number of halogens is 1. The van der Waals surface area contributed by atoms with Gasteiger partial charge in [0.1, 0.15) is 5.82 Å². The first kappa shape index (κ1) is 15.5. The molecule has 0 fully saturated rings. The molecule has 2 aromatic rings. The summed E-state index contributed by atoms with van der Waals surface area (Å²) in [5, 5.41) is 9.12. The molecule has 112 valence electrons. The lowest BCUT2D eigenvalue weighted by Crippen LogP contribution is -2.30. The molecule has 0 unspecified atom stereocenters. The first-order valence-electron chi connectivity index (χ1n) is 6.47. The van der Waals surface area contributed by atoms with Gasteiger partial charge in [0.05, 0.1) is 17.2 Å². The molecule has 2 rings (SSSR count). The van der Waals surface area contributed by atoms with Gasteiger partial charge in [-0.05, 0) is 42.8 Å². The van der Waals surface area contributed by atoms with Crippen molar-refractivity contribution in [3.05, 3.63) is 59.9 Å². The summed E-state index contributed by atoms with van der Waals surface area (Å²) in [5.41, 5.74) is 0.776. The largest absolute Gasteiger partial charge is 0.392 e. The highest BCUT2D eigenvalue weighted by atomic mass is 32.2. The SMILES string of the molecule is CCN(c1cccc(F)c1)S(=O)(=O)c1cccc(CO)c1. The van der Waals surface area contributed by atoms with Crippen molar-refractivity contribution in [2.24, 2.45) is 0 Å². The smallest absolute Gasteiger partial charge is 0.264 e. The number of rotatable bonds is 5. The van der Waals surface area contributed by atoms with Crippen molar-refractivity contribution >= 4 is 15.7 Å². The van der Waals surface area contributed by atoms with Crippen LogP contribution in [-0.2, 0) is 16.6 Å². The van der Waals surface area contributed by atoms with Crippen LogP contribution in [0.15, 0.2) is 53.4 Å². The summed E-state index contributed by atoms with van der Waals surface area (Å²) >= 11 is 0. The number of anilines is 1. The molecule has 0 saturated carbocycles. The lowest BCUT2D eigenvalue weighted by molar-refractivity contribution is 0.281. The number of aliphatic hydroxyl groups excluding tert-OH is 1. The maximum atomic E-state index is 13.3. The van der Waals surface area contributed by atoms with Crippen molar-refractivity contribution in [3.8, 4) is 0 Å². The number of benzene rings is 2. The summed E-state index contributed by atoms with van der Waals surface area (Å²) in [5.74, 6) is -0.495. The number of nitrogens with zero attached hydrogens (tertiary/aromatic N) is 1. The van der Waals surface area contributed by atoms with Gasteiger partial charge >= 0.3 is 0 Å². The van der Waals surface area contributed by atoms with Crippen molar-refractivity contribution in [1.82, 2.24) is 0 Å². The predicted octanol–water partition coefficient (Wildman–Crippen LogP) is 2.53. The van der Waals surface area contributed by atoms with E-state index in [2.05, 4.69) is 0 Å². The van der Waals surface area contributed by atoms with Gasteiger partial charge in [-0.1, -0.05) is 18.2 Å². The fraction of sp³-hybridized carbons (Fsp3) is 0.200. The zero-order chi connectivity index (χ0) is 15.5. The summed E-state index contributed by atoms with van der Waals surface area (Å²) in [7, 11) is -3.80. The Morgan fingerprint density at radius 1 is 1.14 bits per heavy atom. The predicted molar refractivity (Wildman–Crippen MR) is 79.0 cm³/mol. The molecule has 0 heterocycles. The molecule has 6 heteroatoms. The van der Waals surface area contributed by atoms with Gasteiger partial charge in [-0.3, -0.25) is 4.31 Å². The highest BCUT2D eigenvalue weighted by Gasteiger charge is 2.24. The van der Waals surface area contributed by atoms with Gasteiger partial charge in [0.25, 0.3) is 10.0 Å². The maximum Gasteiger partial charge on any atom is 0.264 e. The van der Waals surface area contributed by atoms with Gasteiger partial charge in [0.2, 0.25) is 0 Å². The third kappa shape index (κ3) is 3.22. The van der Waals surface area contributed by atoms with Crippen LogP contribution in [0.25, 0.3) is 0 Å². The summed E-state index contributed by atoms with van der Waals surface area (Å²) in [6.45, 7) is 1.61. The Morgan fingerprint density at radius 2 is 1.86 bits per heavy atom. The standard InChI is InChI=1S/C15H16FNO3S/c1-2-17(14-7-4-6-13(16)10-14)21(19,20)15-8-3-5-12(9-15)11-18/h3-10,18H,2,11H2,1H3. The average molecular weight is 309 g/mol. The van der Waals surface area contributed by atoms with E-state index in [0.29, 0.717) is 5.56 Å². The first-order chi connectivity index (χ1) is 9.98. The second-order valence-corrected chi connectivity index (χ2v) is 6.32. The van der Waals surface area contributed by atoms with Crippen LogP contribution in [0.3, 0.4) is 0 Å². The third-order valence-electron chi connectivity index (χ3n) is 3.05. The normalized spacial score (nSPS) is 11.4. The lowest BCUT2D eigenvalue weighted by atomic mass is 10.2. The molecule has 21 heavy (non-hydrogen) atoms. The van der Waals surface area contributed by atoms with Crippen LogP contribution in [0.4, 0.5) is 10.1 Å². The molecule has 2 aromatic carbocycles. The number of hydrogen-bond donors (Lipinski definition) is 1. The zero-order valence-corrected chi connectivity index (χ0v) is 12.3. The Bertz CT molecular complexity index is 731. The Hall–Kier alpha value is -1.92. The molecular formula is C15H16FNO3S. The summed E-state index contributed by atoms with van der Waals surface area (Å²) in [4.78, 5) is 0.0696. The molecule has 0 atom stereocenters. The van der Waals surface area contributed by atoms with E-state index >= 15 is 0 Å². The van der Waals surface area contributed by atoms with Gasteiger partial charge in [-0.2, -0.15) is 0 Å². The van der Waals surface area contributed by atoms with Gasteiger partial charge in [0, 0.05) is 6.54 Å². The van der Waals surface area contributed by atoms with Crippen LogP contribution >= 0.6 is 0 Å². The van der Waals surface area contributed by atoms with Crippen LogP contribution in [0, 0.1) is 5.82 Å². The molecule has 0 aliphatic heterocycles. The number of hydrogen-bond acceptors (Lipinski definition) is 3. The highest BCUT2D eigenvalue weighted by Crippen LogP contribution is 2.24.